The van der Waals surface area contributed by atoms with E-state index in [2.05, 4.69) is 15.3 Å². The Balaban J connectivity index is 2.40. The zero-order valence-corrected chi connectivity index (χ0v) is 8.99. The van der Waals surface area contributed by atoms with Crippen LogP contribution in [0.15, 0.2) is 29.4 Å². The van der Waals surface area contributed by atoms with E-state index in [-0.39, 0.29) is 5.91 Å². The number of hydrogen-bond acceptors (Lipinski definition) is 3. The van der Waals surface area contributed by atoms with Gasteiger partial charge in [-0.05, 0) is 24.6 Å². The number of hydrogen-bond donors (Lipinski definition) is 1. The summed E-state index contributed by atoms with van der Waals surface area (Å²) in [5.74, 6) is -0.326. The second-order valence-electron chi connectivity index (χ2n) is 3.55. The number of rotatable bonds is 2. The molecule has 1 aromatic rings. The number of urea groups is 1. The average molecular weight is 231 g/mol. The minimum Gasteiger partial charge on any atom is -0.326 e. The Kier molecular flexibility index (Phi) is 2.68. The molecule has 0 radical (unpaired) electrons. The van der Waals surface area contributed by atoms with Crippen molar-refractivity contribution in [1.29, 1.82) is 0 Å². The lowest BCUT2D eigenvalue weighted by molar-refractivity contribution is -0.117. The zero-order chi connectivity index (χ0) is 12.4. The van der Waals surface area contributed by atoms with Crippen molar-refractivity contribution in [3.05, 3.63) is 34.7 Å². The molecule has 0 aliphatic carbocycles. The molecule has 0 bridgehead atoms. The number of imide groups is 1. The number of benzene rings is 1. The van der Waals surface area contributed by atoms with Crippen molar-refractivity contribution in [3.63, 3.8) is 0 Å². The highest BCUT2D eigenvalue weighted by molar-refractivity contribution is 6.21. The maximum atomic E-state index is 11.7. The Morgan fingerprint density at radius 3 is 2.82 bits per heavy atom. The maximum absolute atomic E-state index is 11.7. The molecule has 0 spiro atoms. The minimum absolute atomic E-state index is 0.326. The molecule has 1 saturated heterocycles. The van der Waals surface area contributed by atoms with Crippen LogP contribution < -0.4 is 10.2 Å². The van der Waals surface area contributed by atoms with Crippen LogP contribution in [-0.2, 0) is 4.79 Å². The minimum atomic E-state index is -0.536. The molecule has 7 heteroatoms. The summed E-state index contributed by atoms with van der Waals surface area (Å²) in [7, 11) is 0. The summed E-state index contributed by atoms with van der Waals surface area (Å²) in [6.45, 7) is 1.61. The molecule has 1 fully saturated rings. The molecule has 1 heterocycles. The van der Waals surface area contributed by atoms with Crippen LogP contribution in [0.5, 0.6) is 0 Å². The fraction of sp³-hybridized carbons (Fsp3) is 0.200. The van der Waals surface area contributed by atoms with Gasteiger partial charge in [0, 0.05) is 10.6 Å². The van der Waals surface area contributed by atoms with E-state index in [1.165, 1.54) is 6.07 Å². The number of nitrogens with one attached hydrogen (secondary N) is 1. The molecule has 3 amide bonds. The topological polar surface area (TPSA) is 98.2 Å². The van der Waals surface area contributed by atoms with E-state index in [1.807, 2.05) is 0 Å². The number of carbonyl (C=O) groups is 2. The second-order valence-corrected chi connectivity index (χ2v) is 3.55. The number of amides is 3. The van der Waals surface area contributed by atoms with Crippen molar-refractivity contribution in [3.8, 4) is 0 Å². The number of azide groups is 1. The van der Waals surface area contributed by atoms with Crippen LogP contribution >= 0.6 is 0 Å². The van der Waals surface area contributed by atoms with Crippen LogP contribution in [0.2, 0.25) is 0 Å². The summed E-state index contributed by atoms with van der Waals surface area (Å²) in [4.78, 5) is 27.0. The standard InChI is InChI=1S/C10H9N5O2/c1-6-9(16)15(10(17)12-6)8-4-2-3-7(5-8)13-14-11/h2-6H,1H3,(H,12,17). The Morgan fingerprint density at radius 1 is 1.47 bits per heavy atom. The summed E-state index contributed by atoms with van der Waals surface area (Å²) in [6, 6.07) is 5.28. The Hall–Kier alpha value is -2.53. The summed E-state index contributed by atoms with van der Waals surface area (Å²) < 4.78 is 0. The third-order valence-electron chi connectivity index (χ3n) is 2.38. The smallest absolute Gasteiger partial charge is 0.326 e. The Labute approximate surface area is 96.7 Å². The van der Waals surface area contributed by atoms with Crippen molar-refractivity contribution in [2.24, 2.45) is 5.11 Å². The molecule has 7 nitrogen and oxygen atoms in total. The predicted molar refractivity (Wildman–Crippen MR) is 60.7 cm³/mol. The van der Waals surface area contributed by atoms with E-state index >= 15 is 0 Å². The summed E-state index contributed by atoms with van der Waals surface area (Å²) in [6.07, 6.45) is 0. The molecule has 1 aliphatic heterocycles. The summed E-state index contributed by atoms with van der Waals surface area (Å²) in [5, 5.41) is 5.92. The van der Waals surface area contributed by atoms with Crippen LogP contribution in [-0.4, -0.2) is 18.0 Å². The number of anilines is 1. The van der Waals surface area contributed by atoms with Crippen LogP contribution in [0, 0.1) is 0 Å². The first-order valence-electron chi connectivity index (χ1n) is 4.93. The predicted octanol–water partition coefficient (Wildman–Crippen LogP) is 2.07. The van der Waals surface area contributed by atoms with Gasteiger partial charge in [-0.15, -0.1) is 0 Å². The van der Waals surface area contributed by atoms with Gasteiger partial charge in [-0.1, -0.05) is 17.2 Å². The first-order chi connectivity index (χ1) is 8.13. The van der Waals surface area contributed by atoms with E-state index in [0.717, 1.165) is 4.90 Å². The quantitative estimate of drug-likeness (QED) is 0.364. The molecule has 2 rings (SSSR count). The molecule has 1 unspecified atom stereocenters. The fourth-order valence-corrected chi connectivity index (χ4v) is 1.60. The number of nitrogens with zero attached hydrogens (tertiary/aromatic N) is 4. The van der Waals surface area contributed by atoms with Gasteiger partial charge in [-0.3, -0.25) is 4.79 Å². The normalized spacial score (nSPS) is 18.9. The van der Waals surface area contributed by atoms with Gasteiger partial charge in [0.05, 0.1) is 5.69 Å². The van der Waals surface area contributed by atoms with Gasteiger partial charge in [0.2, 0.25) is 0 Å². The van der Waals surface area contributed by atoms with Crippen molar-refractivity contribution in [1.82, 2.24) is 5.32 Å². The molecule has 1 aromatic carbocycles. The van der Waals surface area contributed by atoms with Gasteiger partial charge in [0.25, 0.3) is 5.91 Å². The summed E-state index contributed by atoms with van der Waals surface area (Å²) >= 11 is 0. The van der Waals surface area contributed by atoms with Crippen LogP contribution in [0.1, 0.15) is 6.92 Å². The van der Waals surface area contributed by atoms with Crippen LogP contribution in [0.3, 0.4) is 0 Å². The van der Waals surface area contributed by atoms with Crippen molar-refractivity contribution in [2.75, 3.05) is 4.90 Å². The van der Waals surface area contributed by atoms with Crippen LogP contribution in [0.4, 0.5) is 16.2 Å². The molecule has 17 heavy (non-hydrogen) atoms. The lowest BCUT2D eigenvalue weighted by Crippen LogP contribution is -2.30. The third kappa shape index (κ3) is 1.91. The maximum Gasteiger partial charge on any atom is 0.329 e. The van der Waals surface area contributed by atoms with Crippen molar-refractivity contribution in [2.45, 2.75) is 13.0 Å². The highest BCUT2D eigenvalue weighted by atomic mass is 16.2. The molecule has 1 aliphatic rings. The molecule has 0 saturated carbocycles. The molecule has 1 N–H and O–H groups in total. The van der Waals surface area contributed by atoms with E-state index in [9.17, 15) is 9.59 Å². The van der Waals surface area contributed by atoms with E-state index < -0.39 is 12.1 Å². The highest BCUT2D eigenvalue weighted by Crippen LogP contribution is 2.24. The molecule has 0 aromatic heterocycles. The molecule has 1 atom stereocenters. The largest absolute Gasteiger partial charge is 0.329 e. The Bertz CT molecular complexity index is 535. The van der Waals surface area contributed by atoms with E-state index in [1.54, 1.807) is 25.1 Å². The Morgan fingerprint density at radius 2 is 2.24 bits per heavy atom. The SMILES string of the molecule is CC1NC(=O)N(c2cccc(N=[N+]=[N-])c2)C1=O. The number of carbonyl (C=O) groups excluding carboxylic acids is 2. The molecular formula is C10H9N5O2. The fourth-order valence-electron chi connectivity index (χ4n) is 1.60. The van der Waals surface area contributed by atoms with E-state index in [0.29, 0.717) is 11.4 Å². The van der Waals surface area contributed by atoms with Crippen molar-refractivity contribution < 1.29 is 9.59 Å². The zero-order valence-electron chi connectivity index (χ0n) is 8.99. The first kappa shape index (κ1) is 11.0. The lowest BCUT2D eigenvalue weighted by atomic mass is 10.2. The third-order valence-corrected chi connectivity index (χ3v) is 2.38. The van der Waals surface area contributed by atoms with Gasteiger partial charge >= 0.3 is 6.03 Å². The van der Waals surface area contributed by atoms with Crippen molar-refractivity contribution >= 4 is 23.3 Å². The molecule has 86 valence electrons. The van der Waals surface area contributed by atoms with Gasteiger partial charge in [-0.25, -0.2) is 9.69 Å². The summed E-state index contributed by atoms with van der Waals surface area (Å²) in [5.41, 5.74) is 9.06. The molecular weight excluding hydrogens is 222 g/mol. The monoisotopic (exact) mass is 231 g/mol. The van der Waals surface area contributed by atoms with Gasteiger partial charge in [0.1, 0.15) is 6.04 Å². The van der Waals surface area contributed by atoms with Gasteiger partial charge < -0.3 is 5.32 Å². The van der Waals surface area contributed by atoms with Crippen LogP contribution in [0.25, 0.3) is 10.4 Å². The van der Waals surface area contributed by atoms with E-state index in [4.69, 9.17) is 5.53 Å². The average Bonchev–Trinajstić information content (AvgIpc) is 2.54. The van der Waals surface area contributed by atoms with Gasteiger partial charge in [0.15, 0.2) is 0 Å². The second kappa shape index (κ2) is 4.15. The lowest BCUT2D eigenvalue weighted by Gasteiger charge is -2.12. The first-order valence-corrected chi connectivity index (χ1v) is 4.93. The van der Waals surface area contributed by atoms with Gasteiger partial charge in [-0.2, -0.15) is 0 Å². The highest BCUT2D eigenvalue weighted by Gasteiger charge is 2.36.